The first-order chi connectivity index (χ1) is 11.4. The number of benzene rings is 2. The summed E-state index contributed by atoms with van der Waals surface area (Å²) in [6.45, 7) is 1.71. The average Bonchev–Trinajstić information content (AvgIpc) is 2.51. The number of sulfonamides is 1. The summed E-state index contributed by atoms with van der Waals surface area (Å²) in [5, 5.41) is 0.453. The maximum Gasteiger partial charge on any atom is 0.243 e. The van der Waals surface area contributed by atoms with Gasteiger partial charge >= 0.3 is 0 Å². The van der Waals surface area contributed by atoms with Gasteiger partial charge in [0.05, 0.1) is 9.79 Å². The standard InChI is InChI=1S/C16H17Cl2NO4S2/c1-11(12-4-6-15(7-5-12)24(3,20)21)19(2)25(22,23)16-9-13(17)8-14(18)10-16/h4-11H,1-3H3/t11-/m0/s1. The largest absolute Gasteiger partial charge is 0.243 e. The zero-order valence-electron chi connectivity index (χ0n) is 13.8. The molecule has 0 fully saturated rings. The molecule has 0 bridgehead atoms. The second-order valence-corrected chi connectivity index (χ2v) is 10.5. The Balaban J connectivity index is 2.36. The van der Waals surface area contributed by atoms with Crippen LogP contribution in [-0.2, 0) is 19.9 Å². The topological polar surface area (TPSA) is 71.5 Å². The molecule has 2 aromatic carbocycles. The van der Waals surface area contributed by atoms with Gasteiger partial charge in [-0.3, -0.25) is 0 Å². The van der Waals surface area contributed by atoms with Gasteiger partial charge in [0.2, 0.25) is 10.0 Å². The van der Waals surface area contributed by atoms with Crippen molar-refractivity contribution < 1.29 is 16.8 Å². The van der Waals surface area contributed by atoms with Crippen molar-refractivity contribution in [2.24, 2.45) is 0 Å². The maximum atomic E-state index is 12.8. The van der Waals surface area contributed by atoms with E-state index in [2.05, 4.69) is 0 Å². The van der Waals surface area contributed by atoms with Crippen LogP contribution in [0, 0.1) is 0 Å². The third-order valence-electron chi connectivity index (χ3n) is 3.85. The van der Waals surface area contributed by atoms with E-state index in [1.54, 1.807) is 19.1 Å². The molecule has 0 heterocycles. The van der Waals surface area contributed by atoms with Crippen LogP contribution in [0.1, 0.15) is 18.5 Å². The minimum atomic E-state index is -3.82. The van der Waals surface area contributed by atoms with E-state index < -0.39 is 25.9 Å². The Morgan fingerprint density at radius 2 is 1.36 bits per heavy atom. The van der Waals surface area contributed by atoms with Crippen LogP contribution < -0.4 is 0 Å². The number of rotatable bonds is 5. The smallest absolute Gasteiger partial charge is 0.224 e. The molecule has 0 aliphatic heterocycles. The summed E-state index contributed by atoms with van der Waals surface area (Å²) < 4.78 is 49.8. The van der Waals surface area contributed by atoms with E-state index in [0.717, 1.165) is 6.26 Å². The van der Waals surface area contributed by atoms with Crippen LogP contribution in [0.25, 0.3) is 0 Å². The summed E-state index contributed by atoms with van der Waals surface area (Å²) in [5.41, 5.74) is 0.659. The van der Waals surface area contributed by atoms with E-state index in [9.17, 15) is 16.8 Å². The lowest BCUT2D eigenvalue weighted by atomic mass is 10.1. The van der Waals surface area contributed by atoms with Crippen LogP contribution in [0.5, 0.6) is 0 Å². The molecule has 0 aliphatic rings. The Kier molecular flexibility index (Phi) is 5.85. The first-order valence-corrected chi connectivity index (χ1v) is 11.3. The molecular weight excluding hydrogens is 405 g/mol. The summed E-state index contributed by atoms with van der Waals surface area (Å²) in [6.07, 6.45) is 1.12. The molecule has 2 aromatic rings. The van der Waals surface area contributed by atoms with Crippen LogP contribution in [0.3, 0.4) is 0 Å². The Bertz CT molecular complexity index is 967. The van der Waals surface area contributed by atoms with Gasteiger partial charge in [0, 0.05) is 29.4 Å². The van der Waals surface area contributed by atoms with Crippen molar-refractivity contribution in [2.75, 3.05) is 13.3 Å². The Hall–Kier alpha value is -1.12. The molecule has 136 valence electrons. The molecule has 0 aromatic heterocycles. The van der Waals surface area contributed by atoms with Crippen LogP contribution in [0.4, 0.5) is 0 Å². The zero-order valence-corrected chi connectivity index (χ0v) is 16.9. The molecule has 5 nitrogen and oxygen atoms in total. The van der Waals surface area contributed by atoms with E-state index >= 15 is 0 Å². The third-order valence-corrected chi connectivity index (χ3v) is 7.32. The first-order valence-electron chi connectivity index (χ1n) is 7.17. The van der Waals surface area contributed by atoms with Crippen LogP contribution in [0.15, 0.2) is 52.3 Å². The highest BCUT2D eigenvalue weighted by Crippen LogP contribution is 2.29. The Labute approximate surface area is 158 Å². The molecule has 0 saturated heterocycles. The lowest BCUT2D eigenvalue weighted by Gasteiger charge is -2.25. The fraction of sp³-hybridized carbons (Fsp3) is 0.250. The highest BCUT2D eigenvalue weighted by atomic mass is 35.5. The highest BCUT2D eigenvalue weighted by molar-refractivity contribution is 7.90. The van der Waals surface area contributed by atoms with Crippen molar-refractivity contribution in [1.82, 2.24) is 4.31 Å². The zero-order chi connectivity index (χ0) is 19.0. The SMILES string of the molecule is C[C@@H](c1ccc(S(C)(=O)=O)cc1)N(C)S(=O)(=O)c1cc(Cl)cc(Cl)c1. The second kappa shape index (κ2) is 7.25. The van der Waals surface area contributed by atoms with E-state index in [-0.39, 0.29) is 19.8 Å². The number of halogens is 2. The van der Waals surface area contributed by atoms with Crippen molar-refractivity contribution in [2.45, 2.75) is 22.8 Å². The van der Waals surface area contributed by atoms with E-state index in [0.29, 0.717) is 5.56 Å². The minimum Gasteiger partial charge on any atom is -0.224 e. The molecule has 2 rings (SSSR count). The predicted molar refractivity (Wildman–Crippen MR) is 99.4 cm³/mol. The van der Waals surface area contributed by atoms with E-state index in [1.807, 2.05) is 0 Å². The Morgan fingerprint density at radius 3 is 1.80 bits per heavy atom. The summed E-state index contributed by atoms with van der Waals surface area (Å²) in [7, 11) is -5.69. The first kappa shape index (κ1) is 20.2. The molecule has 0 N–H and O–H groups in total. The fourth-order valence-corrected chi connectivity index (χ4v) is 4.96. The van der Waals surface area contributed by atoms with Crippen molar-refractivity contribution in [3.63, 3.8) is 0 Å². The molecule has 0 unspecified atom stereocenters. The normalized spacial score (nSPS) is 13.8. The van der Waals surface area contributed by atoms with Crippen LogP contribution in [-0.4, -0.2) is 34.4 Å². The summed E-state index contributed by atoms with van der Waals surface area (Å²) in [4.78, 5) is 0.169. The molecular formula is C16H17Cl2NO4S2. The molecule has 0 spiro atoms. The average molecular weight is 422 g/mol. The number of nitrogens with zero attached hydrogens (tertiary/aromatic N) is 1. The summed E-state index contributed by atoms with van der Waals surface area (Å²) >= 11 is 11.8. The van der Waals surface area contributed by atoms with Crippen molar-refractivity contribution in [1.29, 1.82) is 0 Å². The van der Waals surface area contributed by atoms with Gasteiger partial charge in [0.25, 0.3) is 0 Å². The van der Waals surface area contributed by atoms with Crippen molar-refractivity contribution in [3.05, 3.63) is 58.1 Å². The highest BCUT2D eigenvalue weighted by Gasteiger charge is 2.27. The van der Waals surface area contributed by atoms with Crippen molar-refractivity contribution in [3.8, 4) is 0 Å². The molecule has 0 radical (unpaired) electrons. The van der Waals surface area contributed by atoms with Gasteiger partial charge in [-0.1, -0.05) is 35.3 Å². The summed E-state index contributed by atoms with van der Waals surface area (Å²) in [5.74, 6) is 0. The van der Waals surface area contributed by atoms with Gasteiger partial charge in [-0.25, -0.2) is 16.8 Å². The minimum absolute atomic E-state index is 0.00731. The third kappa shape index (κ3) is 4.54. The van der Waals surface area contributed by atoms with E-state index in [1.165, 1.54) is 41.7 Å². The van der Waals surface area contributed by atoms with Gasteiger partial charge in [0.1, 0.15) is 0 Å². The second-order valence-electron chi connectivity index (χ2n) is 5.64. The molecule has 0 saturated carbocycles. The molecule has 9 heteroatoms. The number of hydrogen-bond acceptors (Lipinski definition) is 4. The van der Waals surface area contributed by atoms with Gasteiger partial charge in [-0.15, -0.1) is 0 Å². The van der Waals surface area contributed by atoms with Gasteiger partial charge in [0.15, 0.2) is 9.84 Å². The van der Waals surface area contributed by atoms with Crippen molar-refractivity contribution >= 4 is 43.1 Å². The fourth-order valence-electron chi connectivity index (χ4n) is 2.26. The van der Waals surface area contributed by atoms with Gasteiger partial charge in [-0.05, 0) is 42.8 Å². The number of hydrogen-bond donors (Lipinski definition) is 0. The molecule has 1 atom stereocenters. The van der Waals surface area contributed by atoms with E-state index in [4.69, 9.17) is 23.2 Å². The van der Waals surface area contributed by atoms with Gasteiger partial charge in [-0.2, -0.15) is 4.31 Å². The summed E-state index contributed by atoms with van der Waals surface area (Å²) in [6, 6.07) is 9.70. The predicted octanol–water partition coefficient (Wildman–Crippen LogP) is 3.78. The lowest BCUT2D eigenvalue weighted by Crippen LogP contribution is -2.29. The monoisotopic (exact) mass is 421 g/mol. The van der Waals surface area contributed by atoms with Crippen LogP contribution in [0.2, 0.25) is 10.0 Å². The lowest BCUT2D eigenvalue weighted by molar-refractivity contribution is 0.398. The van der Waals surface area contributed by atoms with Crippen LogP contribution >= 0.6 is 23.2 Å². The number of sulfone groups is 1. The quantitative estimate of drug-likeness (QED) is 0.735. The maximum absolute atomic E-state index is 12.8. The molecule has 0 amide bonds. The Morgan fingerprint density at radius 1 is 0.880 bits per heavy atom. The molecule has 0 aliphatic carbocycles. The molecule has 25 heavy (non-hydrogen) atoms. The van der Waals surface area contributed by atoms with Gasteiger partial charge < -0.3 is 0 Å².